The first-order valence-corrected chi connectivity index (χ1v) is 7.83. The molecule has 1 saturated carbocycles. The minimum absolute atomic E-state index is 0.0891. The number of rotatable bonds is 3. The van der Waals surface area contributed by atoms with Crippen LogP contribution in [0.3, 0.4) is 0 Å². The molecule has 20 heavy (non-hydrogen) atoms. The predicted octanol–water partition coefficient (Wildman–Crippen LogP) is 4.15. The highest BCUT2D eigenvalue weighted by Gasteiger charge is 2.36. The van der Waals surface area contributed by atoms with Crippen molar-refractivity contribution in [2.75, 3.05) is 13.7 Å². The largest absolute Gasteiger partial charge is 0.496 e. The highest BCUT2D eigenvalue weighted by Crippen LogP contribution is 2.45. The van der Waals surface area contributed by atoms with Crippen molar-refractivity contribution in [1.29, 1.82) is 0 Å². The number of nitrogens with two attached hydrogens (primary N) is 1. The summed E-state index contributed by atoms with van der Waals surface area (Å²) in [4.78, 5) is 0. The van der Waals surface area contributed by atoms with E-state index in [0.717, 1.165) is 12.3 Å². The van der Waals surface area contributed by atoms with Crippen molar-refractivity contribution in [2.45, 2.75) is 63.7 Å². The Balaban J connectivity index is 2.55. The van der Waals surface area contributed by atoms with Crippen LogP contribution in [0.2, 0.25) is 0 Å². The van der Waals surface area contributed by atoms with Gasteiger partial charge in [0.2, 0.25) is 0 Å². The molecule has 0 aromatic heterocycles. The van der Waals surface area contributed by atoms with Crippen molar-refractivity contribution < 1.29 is 4.74 Å². The van der Waals surface area contributed by atoms with E-state index in [1.807, 2.05) is 0 Å². The fraction of sp³-hybridized carbons (Fsp3) is 0.667. The first-order chi connectivity index (χ1) is 9.44. The van der Waals surface area contributed by atoms with Gasteiger partial charge in [0.25, 0.3) is 0 Å². The SMILES string of the molecule is COc1c(C(C)(C)C)cccc1C1(CN)CCCCC1. The Bertz CT molecular complexity index is 453. The predicted molar refractivity (Wildman–Crippen MR) is 85.5 cm³/mol. The maximum atomic E-state index is 6.20. The molecule has 1 aromatic carbocycles. The Hall–Kier alpha value is -1.02. The zero-order valence-electron chi connectivity index (χ0n) is 13.5. The molecule has 0 unspecified atom stereocenters. The zero-order valence-corrected chi connectivity index (χ0v) is 13.5. The first-order valence-electron chi connectivity index (χ1n) is 7.83. The van der Waals surface area contributed by atoms with E-state index in [-0.39, 0.29) is 10.8 Å². The summed E-state index contributed by atoms with van der Waals surface area (Å²) in [5, 5.41) is 0. The Morgan fingerprint density at radius 1 is 1.15 bits per heavy atom. The maximum absolute atomic E-state index is 6.20. The smallest absolute Gasteiger partial charge is 0.126 e. The molecular formula is C18H29NO. The van der Waals surface area contributed by atoms with E-state index in [9.17, 15) is 0 Å². The summed E-state index contributed by atoms with van der Waals surface area (Å²) in [7, 11) is 1.79. The van der Waals surface area contributed by atoms with Crippen molar-refractivity contribution in [3.63, 3.8) is 0 Å². The number of hydrogen-bond donors (Lipinski definition) is 1. The van der Waals surface area contributed by atoms with Gasteiger partial charge in [0, 0.05) is 17.5 Å². The third kappa shape index (κ3) is 2.71. The lowest BCUT2D eigenvalue weighted by Crippen LogP contribution is -2.37. The van der Waals surface area contributed by atoms with Crippen molar-refractivity contribution in [3.8, 4) is 5.75 Å². The van der Waals surface area contributed by atoms with Crippen LogP contribution in [0.4, 0.5) is 0 Å². The summed E-state index contributed by atoms with van der Waals surface area (Å²) in [6.45, 7) is 7.44. The van der Waals surface area contributed by atoms with Gasteiger partial charge in [-0.3, -0.25) is 0 Å². The lowest BCUT2D eigenvalue weighted by Gasteiger charge is -2.39. The molecule has 0 bridgehead atoms. The van der Waals surface area contributed by atoms with Crippen molar-refractivity contribution in [2.24, 2.45) is 5.73 Å². The van der Waals surface area contributed by atoms with Gasteiger partial charge in [-0.25, -0.2) is 0 Å². The fourth-order valence-electron chi connectivity index (χ4n) is 3.58. The summed E-state index contributed by atoms with van der Waals surface area (Å²) in [6, 6.07) is 6.59. The standard InChI is InChI=1S/C18H29NO/c1-17(2,3)14-9-8-10-15(16(14)20-4)18(13-19)11-6-5-7-12-18/h8-10H,5-7,11-13,19H2,1-4H3. The summed E-state index contributed by atoms with van der Waals surface area (Å²) >= 11 is 0. The van der Waals surface area contributed by atoms with Gasteiger partial charge in [-0.2, -0.15) is 0 Å². The van der Waals surface area contributed by atoms with Crippen molar-refractivity contribution in [3.05, 3.63) is 29.3 Å². The van der Waals surface area contributed by atoms with Gasteiger partial charge < -0.3 is 10.5 Å². The molecule has 1 aromatic rings. The summed E-state index contributed by atoms with van der Waals surface area (Å²) in [5.41, 5.74) is 9.02. The van der Waals surface area contributed by atoms with Gasteiger partial charge in [0.1, 0.15) is 5.75 Å². The molecule has 112 valence electrons. The van der Waals surface area contributed by atoms with Gasteiger partial charge in [-0.15, -0.1) is 0 Å². The second-order valence-corrected chi connectivity index (χ2v) is 7.18. The van der Waals surface area contributed by atoms with Crippen LogP contribution in [0, 0.1) is 0 Å². The molecular weight excluding hydrogens is 246 g/mol. The van der Waals surface area contributed by atoms with Crippen LogP contribution in [0.5, 0.6) is 5.75 Å². The molecule has 0 radical (unpaired) electrons. The van der Waals surface area contributed by atoms with Crippen LogP contribution in [0.25, 0.3) is 0 Å². The Morgan fingerprint density at radius 3 is 2.30 bits per heavy atom. The maximum Gasteiger partial charge on any atom is 0.126 e. The van der Waals surface area contributed by atoms with E-state index in [1.165, 1.54) is 43.2 Å². The summed E-state index contributed by atoms with van der Waals surface area (Å²) in [6.07, 6.45) is 6.27. The van der Waals surface area contributed by atoms with Crippen LogP contribution in [-0.2, 0) is 10.8 Å². The number of hydrogen-bond acceptors (Lipinski definition) is 2. The molecule has 1 fully saturated rings. The van der Waals surface area contributed by atoms with E-state index >= 15 is 0 Å². The quantitative estimate of drug-likeness (QED) is 0.899. The molecule has 1 aliphatic carbocycles. The molecule has 2 rings (SSSR count). The Labute approximate surface area is 123 Å². The molecule has 2 N–H and O–H groups in total. The topological polar surface area (TPSA) is 35.2 Å². The first kappa shape index (κ1) is 15.4. The minimum atomic E-state index is 0.0891. The van der Waals surface area contributed by atoms with E-state index in [1.54, 1.807) is 7.11 Å². The average molecular weight is 275 g/mol. The number of benzene rings is 1. The zero-order chi connectivity index (χ0) is 14.8. The normalized spacial score (nSPS) is 18.9. The Morgan fingerprint density at radius 2 is 1.80 bits per heavy atom. The fourth-order valence-corrected chi connectivity index (χ4v) is 3.58. The van der Waals surface area contributed by atoms with Crippen molar-refractivity contribution >= 4 is 0 Å². The number of ether oxygens (including phenoxy) is 1. The molecule has 0 saturated heterocycles. The highest BCUT2D eigenvalue weighted by atomic mass is 16.5. The monoisotopic (exact) mass is 275 g/mol. The second-order valence-electron chi connectivity index (χ2n) is 7.18. The van der Waals surface area contributed by atoms with Crippen LogP contribution in [-0.4, -0.2) is 13.7 Å². The molecule has 2 heteroatoms. The van der Waals surface area contributed by atoms with Crippen LogP contribution < -0.4 is 10.5 Å². The van der Waals surface area contributed by atoms with Gasteiger partial charge in [-0.05, 0) is 23.8 Å². The average Bonchev–Trinajstić information content (AvgIpc) is 2.46. The van der Waals surface area contributed by atoms with Gasteiger partial charge in [0.05, 0.1) is 7.11 Å². The van der Waals surface area contributed by atoms with Gasteiger partial charge in [-0.1, -0.05) is 58.2 Å². The van der Waals surface area contributed by atoms with E-state index in [2.05, 4.69) is 39.0 Å². The molecule has 0 atom stereocenters. The van der Waals surface area contributed by atoms with Crippen molar-refractivity contribution in [1.82, 2.24) is 0 Å². The molecule has 0 heterocycles. The van der Waals surface area contributed by atoms with Gasteiger partial charge >= 0.3 is 0 Å². The molecule has 0 spiro atoms. The lowest BCUT2D eigenvalue weighted by atomic mass is 9.68. The molecule has 0 aliphatic heterocycles. The summed E-state index contributed by atoms with van der Waals surface area (Å²) in [5.74, 6) is 1.06. The van der Waals surface area contributed by atoms with Crippen LogP contribution in [0.15, 0.2) is 18.2 Å². The Kier molecular flexibility index (Phi) is 4.43. The molecule has 0 amide bonds. The third-order valence-electron chi connectivity index (χ3n) is 4.80. The third-order valence-corrected chi connectivity index (χ3v) is 4.80. The minimum Gasteiger partial charge on any atom is -0.496 e. The van der Waals surface area contributed by atoms with E-state index in [4.69, 9.17) is 10.5 Å². The van der Waals surface area contributed by atoms with E-state index in [0.29, 0.717) is 0 Å². The lowest BCUT2D eigenvalue weighted by molar-refractivity contribution is 0.285. The summed E-state index contributed by atoms with van der Waals surface area (Å²) < 4.78 is 5.83. The van der Waals surface area contributed by atoms with Crippen LogP contribution in [0.1, 0.15) is 64.0 Å². The number of methoxy groups -OCH3 is 1. The highest BCUT2D eigenvalue weighted by molar-refractivity contribution is 5.49. The van der Waals surface area contributed by atoms with Crippen LogP contribution >= 0.6 is 0 Å². The molecule has 2 nitrogen and oxygen atoms in total. The molecule has 1 aliphatic rings. The second kappa shape index (κ2) is 5.77. The van der Waals surface area contributed by atoms with Gasteiger partial charge in [0.15, 0.2) is 0 Å². The van der Waals surface area contributed by atoms with E-state index < -0.39 is 0 Å². The number of para-hydroxylation sites is 1.